The molecule has 0 aromatic rings. The van der Waals surface area contributed by atoms with Gasteiger partial charge < -0.3 is 19.7 Å². The maximum absolute atomic E-state index is 13.7. The van der Waals surface area contributed by atoms with Crippen molar-refractivity contribution in [3.05, 3.63) is 11.6 Å². The first-order valence-electron chi connectivity index (χ1n) is 14.8. The number of nitrogens with zero attached hydrogens (tertiary/aromatic N) is 1. The van der Waals surface area contributed by atoms with Crippen LogP contribution in [0.1, 0.15) is 92.9 Å². The lowest BCUT2D eigenvalue weighted by atomic mass is 9.42. The first-order valence-corrected chi connectivity index (χ1v) is 14.8. The average Bonchev–Trinajstić information content (AvgIpc) is 3.55. The molecule has 4 fully saturated rings. The molecule has 216 valence electrons. The molecule has 3 saturated carbocycles. The minimum atomic E-state index is -1.46. The van der Waals surface area contributed by atoms with Gasteiger partial charge in [-0.05, 0) is 101 Å². The molecule has 0 radical (unpaired) electrons. The number of aliphatic carboxylic acids is 2. The fraction of sp³-hybridized carbons (Fsp3) is 0.806. The van der Waals surface area contributed by atoms with Crippen molar-refractivity contribution in [2.45, 2.75) is 104 Å². The van der Waals surface area contributed by atoms with Gasteiger partial charge in [-0.2, -0.15) is 0 Å². The first kappa shape index (κ1) is 28.2. The monoisotopic (exact) mass is 543 g/mol. The van der Waals surface area contributed by atoms with E-state index in [0.717, 1.165) is 24.7 Å². The van der Waals surface area contributed by atoms with Crippen molar-refractivity contribution in [1.82, 2.24) is 4.90 Å². The van der Waals surface area contributed by atoms with E-state index in [4.69, 9.17) is 4.74 Å². The number of carboxylic acid groups (broad SMARTS) is 2. The van der Waals surface area contributed by atoms with E-state index in [1.807, 2.05) is 13.8 Å². The van der Waals surface area contributed by atoms with E-state index >= 15 is 0 Å². The zero-order valence-electron chi connectivity index (χ0n) is 24.3. The molecule has 4 bridgehead atoms. The number of likely N-dealkylation sites (tertiary alicyclic amines) is 1. The summed E-state index contributed by atoms with van der Waals surface area (Å²) in [5.41, 5.74) is -4.47. The molecular weight excluding hydrogens is 498 g/mol. The number of aldehydes is 1. The van der Waals surface area contributed by atoms with Crippen LogP contribution in [0.2, 0.25) is 0 Å². The van der Waals surface area contributed by atoms with Crippen LogP contribution in [0.3, 0.4) is 0 Å². The number of amides is 1. The zero-order chi connectivity index (χ0) is 28.8. The number of carboxylic acids is 2. The highest BCUT2D eigenvalue weighted by atomic mass is 16.6. The van der Waals surface area contributed by atoms with Crippen molar-refractivity contribution in [2.75, 3.05) is 6.54 Å². The summed E-state index contributed by atoms with van der Waals surface area (Å²) < 4.78 is 5.62. The van der Waals surface area contributed by atoms with Crippen molar-refractivity contribution in [2.24, 2.45) is 45.8 Å². The summed E-state index contributed by atoms with van der Waals surface area (Å²) >= 11 is 0. The Labute approximate surface area is 231 Å². The van der Waals surface area contributed by atoms with Crippen LogP contribution < -0.4 is 0 Å². The molecule has 4 aliphatic carbocycles. The highest BCUT2D eigenvalue weighted by molar-refractivity contribution is 5.90. The standard InChI is InChI=1S/C31H45NO7/c1-18(2)23-14-20-15-29(17-33)22-9-8-19(3)21(22)16-28(20,31(23,29)25(36)37)11-12-30(24(34)35)10-7-13-32(30)26(38)39-27(4,5)6/h14,17-22H,7-13,15-16H2,1-6H3,(H,34,35)(H,36,37)/t19-,20?,21?,22?,28?,29?,30-,31?/m1/s1. The summed E-state index contributed by atoms with van der Waals surface area (Å²) in [4.78, 5) is 54.5. The van der Waals surface area contributed by atoms with E-state index in [1.165, 1.54) is 4.90 Å². The Morgan fingerprint density at radius 1 is 1.13 bits per heavy atom. The van der Waals surface area contributed by atoms with Crippen molar-refractivity contribution < 1.29 is 34.1 Å². The van der Waals surface area contributed by atoms with Gasteiger partial charge in [0.1, 0.15) is 22.8 Å². The Kier molecular flexibility index (Phi) is 6.36. The normalized spacial score (nSPS) is 42.4. The first-order chi connectivity index (χ1) is 18.1. The van der Waals surface area contributed by atoms with Gasteiger partial charge in [0.2, 0.25) is 0 Å². The van der Waals surface area contributed by atoms with Gasteiger partial charge >= 0.3 is 18.0 Å². The van der Waals surface area contributed by atoms with Crippen molar-refractivity contribution in [1.29, 1.82) is 0 Å². The number of rotatable bonds is 7. The molecule has 8 nitrogen and oxygen atoms in total. The van der Waals surface area contributed by atoms with Crippen LogP contribution in [0, 0.1) is 45.8 Å². The van der Waals surface area contributed by atoms with Crippen LogP contribution in [0.5, 0.6) is 0 Å². The zero-order valence-corrected chi connectivity index (χ0v) is 24.3. The van der Waals surface area contributed by atoms with Crippen LogP contribution in [0.25, 0.3) is 0 Å². The van der Waals surface area contributed by atoms with Gasteiger partial charge in [0.05, 0.1) is 5.41 Å². The molecule has 1 heterocycles. The molecule has 8 heteroatoms. The second-order valence-corrected chi connectivity index (χ2v) is 14.6. The second-order valence-electron chi connectivity index (χ2n) is 14.6. The summed E-state index contributed by atoms with van der Waals surface area (Å²) in [5.74, 6) is -1.50. The molecular formula is C31H45NO7. The molecule has 1 amide bonds. The molecule has 5 rings (SSSR count). The van der Waals surface area contributed by atoms with E-state index < -0.39 is 45.4 Å². The van der Waals surface area contributed by atoms with Crippen LogP contribution in [-0.4, -0.2) is 57.1 Å². The average molecular weight is 544 g/mol. The molecule has 1 aliphatic heterocycles. The maximum Gasteiger partial charge on any atom is 0.411 e. The third kappa shape index (κ3) is 3.41. The number of hydrogen-bond acceptors (Lipinski definition) is 5. The van der Waals surface area contributed by atoms with E-state index in [0.29, 0.717) is 38.0 Å². The summed E-state index contributed by atoms with van der Waals surface area (Å²) in [7, 11) is 0. The molecule has 1 saturated heterocycles. The van der Waals surface area contributed by atoms with Gasteiger partial charge in [0.25, 0.3) is 0 Å². The van der Waals surface area contributed by atoms with Crippen molar-refractivity contribution in [3.8, 4) is 0 Å². The van der Waals surface area contributed by atoms with Crippen LogP contribution in [0.15, 0.2) is 11.6 Å². The number of fused-ring (bicyclic) bond motifs is 2. The van der Waals surface area contributed by atoms with Crippen LogP contribution in [-0.2, 0) is 19.1 Å². The van der Waals surface area contributed by atoms with E-state index in [2.05, 4.69) is 13.0 Å². The van der Waals surface area contributed by atoms with Crippen molar-refractivity contribution >= 4 is 24.3 Å². The lowest BCUT2D eigenvalue weighted by Crippen LogP contribution is -2.63. The predicted octanol–water partition coefficient (Wildman–Crippen LogP) is 5.55. The molecule has 39 heavy (non-hydrogen) atoms. The molecule has 2 N–H and O–H groups in total. The van der Waals surface area contributed by atoms with Gasteiger partial charge in [-0.25, -0.2) is 9.59 Å². The Morgan fingerprint density at radius 3 is 2.38 bits per heavy atom. The lowest BCUT2D eigenvalue weighted by Gasteiger charge is -2.59. The van der Waals surface area contributed by atoms with E-state index in [1.54, 1.807) is 20.8 Å². The Bertz CT molecular complexity index is 1120. The lowest BCUT2D eigenvalue weighted by molar-refractivity contribution is -0.182. The van der Waals surface area contributed by atoms with Crippen LogP contribution in [0.4, 0.5) is 4.79 Å². The number of carbonyl (C=O) groups is 4. The van der Waals surface area contributed by atoms with Crippen molar-refractivity contribution in [3.63, 3.8) is 0 Å². The molecule has 6 unspecified atom stereocenters. The number of allylic oxidation sites excluding steroid dienone is 1. The highest BCUT2D eigenvalue weighted by Gasteiger charge is 2.84. The second kappa shape index (κ2) is 8.81. The molecule has 5 aliphatic rings. The van der Waals surface area contributed by atoms with Gasteiger partial charge in [0.15, 0.2) is 0 Å². The van der Waals surface area contributed by atoms with Crippen LogP contribution >= 0.6 is 0 Å². The van der Waals surface area contributed by atoms with Gasteiger partial charge in [-0.15, -0.1) is 0 Å². The third-order valence-corrected chi connectivity index (χ3v) is 11.6. The topological polar surface area (TPSA) is 121 Å². The maximum atomic E-state index is 13.7. The Balaban J connectivity index is 1.61. The Morgan fingerprint density at radius 2 is 1.82 bits per heavy atom. The van der Waals surface area contributed by atoms with E-state index in [9.17, 15) is 29.4 Å². The molecule has 0 spiro atoms. The fourth-order valence-corrected chi connectivity index (χ4v) is 10.3. The summed E-state index contributed by atoms with van der Waals surface area (Å²) in [6, 6.07) is 0. The smallest absolute Gasteiger partial charge is 0.411 e. The number of ether oxygens (including phenoxy) is 1. The van der Waals surface area contributed by atoms with E-state index in [-0.39, 0.29) is 36.6 Å². The fourth-order valence-electron chi connectivity index (χ4n) is 10.3. The number of hydrogen-bond donors (Lipinski definition) is 2. The largest absolute Gasteiger partial charge is 0.481 e. The van der Waals surface area contributed by atoms with Gasteiger partial charge in [-0.3, -0.25) is 9.69 Å². The van der Waals surface area contributed by atoms with Gasteiger partial charge in [0, 0.05) is 6.54 Å². The molecule has 0 aromatic carbocycles. The quantitative estimate of drug-likeness (QED) is 0.319. The minimum absolute atomic E-state index is 0.0276. The highest BCUT2D eigenvalue weighted by Crippen LogP contribution is 2.83. The summed E-state index contributed by atoms with van der Waals surface area (Å²) in [6.45, 7) is 11.8. The Hall–Kier alpha value is -2.38. The van der Waals surface area contributed by atoms with Gasteiger partial charge in [-0.1, -0.05) is 38.8 Å². The molecule has 8 atom stereocenters. The summed E-state index contributed by atoms with van der Waals surface area (Å²) in [6.07, 6.45) is 6.86. The molecule has 0 aromatic heterocycles. The SMILES string of the molecule is CC(C)C1=CC2CC3(C=O)C4CC[C@@H](C)C4CC2(CC[C@@]2(C(=O)O)CCCN2C(=O)OC(C)(C)C)C13C(=O)O. The summed E-state index contributed by atoms with van der Waals surface area (Å²) in [5, 5.41) is 21.8. The number of carbonyl (C=O) groups excluding carboxylic acids is 2. The third-order valence-electron chi connectivity index (χ3n) is 11.6. The minimum Gasteiger partial charge on any atom is -0.481 e. The predicted molar refractivity (Wildman–Crippen MR) is 144 cm³/mol.